The number of carbonyl (C=O) groups is 2. The van der Waals surface area contributed by atoms with E-state index < -0.39 is 0 Å². The first-order chi connectivity index (χ1) is 13.5. The number of rotatable bonds is 6. The molecule has 0 aliphatic carbocycles. The molecule has 1 fully saturated rings. The molecule has 3 rings (SSSR count). The highest BCUT2D eigenvalue weighted by atomic mass is 19.1. The van der Waals surface area contributed by atoms with Gasteiger partial charge in [-0.2, -0.15) is 0 Å². The Balaban J connectivity index is 1.38. The predicted molar refractivity (Wildman–Crippen MR) is 101 cm³/mol. The third-order valence-electron chi connectivity index (χ3n) is 4.92. The molecule has 0 unspecified atom stereocenters. The zero-order valence-electron chi connectivity index (χ0n) is 15.9. The molecule has 3 amide bonds. The van der Waals surface area contributed by atoms with Crippen molar-refractivity contribution in [2.75, 3.05) is 13.1 Å². The Labute approximate surface area is 163 Å². The van der Waals surface area contributed by atoms with E-state index in [4.69, 9.17) is 4.52 Å². The van der Waals surface area contributed by atoms with Crippen LogP contribution < -0.4 is 10.6 Å². The van der Waals surface area contributed by atoms with Crippen LogP contribution >= 0.6 is 0 Å². The fourth-order valence-corrected chi connectivity index (χ4v) is 3.16. The Bertz CT molecular complexity index is 798. The van der Waals surface area contributed by atoms with E-state index in [1.165, 1.54) is 12.1 Å². The van der Waals surface area contributed by atoms with Gasteiger partial charge in [0.2, 0.25) is 5.91 Å². The third kappa shape index (κ3) is 5.31. The van der Waals surface area contributed by atoms with Crippen molar-refractivity contribution in [3.05, 3.63) is 53.2 Å². The number of hydrogen-bond acceptors (Lipinski definition) is 4. The van der Waals surface area contributed by atoms with Crippen molar-refractivity contribution >= 4 is 11.9 Å². The Morgan fingerprint density at radius 1 is 1.18 bits per heavy atom. The molecule has 0 radical (unpaired) electrons. The van der Waals surface area contributed by atoms with Crippen molar-refractivity contribution in [2.45, 2.75) is 39.3 Å². The maximum atomic E-state index is 12.9. The number of halogens is 1. The molecule has 7 nitrogen and oxygen atoms in total. The van der Waals surface area contributed by atoms with Crippen LogP contribution in [-0.2, 0) is 24.3 Å². The summed E-state index contributed by atoms with van der Waals surface area (Å²) in [5.74, 6) is 0.180. The van der Waals surface area contributed by atoms with Gasteiger partial charge < -0.3 is 20.1 Å². The standard InChI is InChI=1S/C20H25FN4O3/c1-2-17-11-18(28-24-17)13-23-20(27)25-9-7-15(8-10-25)19(26)22-12-14-3-5-16(21)6-4-14/h3-6,11,15H,2,7-10,12-13H2,1H3,(H,22,26)(H,23,27). The number of nitrogens with one attached hydrogen (secondary N) is 2. The van der Waals surface area contributed by atoms with Crippen LogP contribution in [0, 0.1) is 11.7 Å². The summed E-state index contributed by atoms with van der Waals surface area (Å²) in [6.07, 6.45) is 2.02. The van der Waals surface area contributed by atoms with E-state index in [2.05, 4.69) is 15.8 Å². The molecule has 150 valence electrons. The molecule has 28 heavy (non-hydrogen) atoms. The molecule has 2 heterocycles. The predicted octanol–water partition coefficient (Wildman–Crippen LogP) is 2.61. The van der Waals surface area contributed by atoms with E-state index in [0.29, 0.717) is 44.8 Å². The van der Waals surface area contributed by atoms with Crippen molar-refractivity contribution in [3.63, 3.8) is 0 Å². The fraction of sp³-hybridized carbons (Fsp3) is 0.450. The Kier molecular flexibility index (Phi) is 6.62. The average molecular weight is 388 g/mol. The first-order valence-electron chi connectivity index (χ1n) is 9.54. The number of hydrogen-bond donors (Lipinski definition) is 2. The molecular weight excluding hydrogens is 363 g/mol. The van der Waals surface area contributed by atoms with Crippen LogP contribution in [0.2, 0.25) is 0 Å². The maximum Gasteiger partial charge on any atom is 0.317 e. The Morgan fingerprint density at radius 3 is 2.54 bits per heavy atom. The van der Waals surface area contributed by atoms with E-state index in [-0.39, 0.29) is 23.7 Å². The summed E-state index contributed by atoms with van der Waals surface area (Å²) in [7, 11) is 0. The second-order valence-electron chi connectivity index (χ2n) is 6.90. The molecule has 0 saturated carbocycles. The van der Waals surface area contributed by atoms with Crippen molar-refractivity contribution in [1.82, 2.24) is 20.7 Å². The van der Waals surface area contributed by atoms with E-state index >= 15 is 0 Å². The highest BCUT2D eigenvalue weighted by molar-refractivity contribution is 5.79. The third-order valence-corrected chi connectivity index (χ3v) is 4.92. The molecule has 0 atom stereocenters. The van der Waals surface area contributed by atoms with Gasteiger partial charge in [0.25, 0.3) is 0 Å². The van der Waals surface area contributed by atoms with Crippen LogP contribution in [0.5, 0.6) is 0 Å². The van der Waals surface area contributed by atoms with E-state index in [1.807, 2.05) is 13.0 Å². The van der Waals surface area contributed by atoms with Gasteiger partial charge in [0, 0.05) is 31.6 Å². The van der Waals surface area contributed by atoms with Crippen LogP contribution in [0.4, 0.5) is 9.18 Å². The summed E-state index contributed by atoms with van der Waals surface area (Å²) in [4.78, 5) is 26.3. The summed E-state index contributed by atoms with van der Waals surface area (Å²) in [6, 6.07) is 7.72. The summed E-state index contributed by atoms with van der Waals surface area (Å²) in [6.45, 7) is 3.70. The van der Waals surface area contributed by atoms with Gasteiger partial charge in [-0.3, -0.25) is 4.79 Å². The van der Waals surface area contributed by atoms with Crippen LogP contribution in [0.25, 0.3) is 0 Å². The molecule has 0 spiro atoms. The first-order valence-corrected chi connectivity index (χ1v) is 9.54. The van der Waals surface area contributed by atoms with Crippen molar-refractivity contribution in [2.24, 2.45) is 5.92 Å². The van der Waals surface area contributed by atoms with Crippen molar-refractivity contribution in [1.29, 1.82) is 0 Å². The lowest BCUT2D eigenvalue weighted by Crippen LogP contribution is -2.46. The number of nitrogens with zero attached hydrogens (tertiary/aromatic N) is 2. The average Bonchev–Trinajstić information content (AvgIpc) is 3.19. The molecule has 1 saturated heterocycles. The molecule has 8 heteroatoms. The quantitative estimate of drug-likeness (QED) is 0.796. The molecule has 1 aromatic carbocycles. The Morgan fingerprint density at radius 2 is 1.89 bits per heavy atom. The van der Waals surface area contributed by atoms with Crippen molar-refractivity contribution in [3.8, 4) is 0 Å². The van der Waals surface area contributed by atoms with Crippen LogP contribution in [-0.4, -0.2) is 35.1 Å². The molecule has 1 aromatic heterocycles. The summed E-state index contributed by atoms with van der Waals surface area (Å²) >= 11 is 0. The largest absolute Gasteiger partial charge is 0.359 e. The number of carbonyl (C=O) groups excluding carboxylic acids is 2. The number of amides is 3. The summed E-state index contributed by atoms with van der Waals surface area (Å²) < 4.78 is 18.1. The summed E-state index contributed by atoms with van der Waals surface area (Å²) in [5, 5.41) is 9.61. The second-order valence-corrected chi connectivity index (χ2v) is 6.90. The monoisotopic (exact) mass is 388 g/mol. The molecular formula is C20H25FN4O3. The molecule has 1 aliphatic rings. The van der Waals surface area contributed by atoms with Crippen molar-refractivity contribution < 1.29 is 18.5 Å². The van der Waals surface area contributed by atoms with E-state index in [1.54, 1.807) is 17.0 Å². The zero-order chi connectivity index (χ0) is 19.9. The lowest BCUT2D eigenvalue weighted by molar-refractivity contribution is -0.126. The normalized spacial score (nSPS) is 14.7. The van der Waals surface area contributed by atoms with Gasteiger partial charge in [-0.15, -0.1) is 0 Å². The van der Waals surface area contributed by atoms with Crippen LogP contribution in [0.15, 0.2) is 34.9 Å². The molecule has 2 N–H and O–H groups in total. The highest BCUT2D eigenvalue weighted by Crippen LogP contribution is 2.18. The van der Waals surface area contributed by atoms with E-state index in [9.17, 15) is 14.0 Å². The molecule has 0 bridgehead atoms. The van der Waals surface area contributed by atoms with Crippen LogP contribution in [0.3, 0.4) is 0 Å². The Hall–Kier alpha value is -2.90. The number of urea groups is 1. The van der Waals surface area contributed by atoms with Gasteiger partial charge in [0.1, 0.15) is 5.82 Å². The lowest BCUT2D eigenvalue weighted by atomic mass is 9.96. The highest BCUT2D eigenvalue weighted by Gasteiger charge is 2.27. The van der Waals surface area contributed by atoms with Gasteiger partial charge in [-0.05, 0) is 37.0 Å². The second kappa shape index (κ2) is 9.34. The maximum absolute atomic E-state index is 12.9. The molecule has 2 aromatic rings. The van der Waals surface area contributed by atoms with Gasteiger partial charge in [0.05, 0.1) is 12.2 Å². The van der Waals surface area contributed by atoms with Gasteiger partial charge in [-0.25, -0.2) is 9.18 Å². The number of aromatic nitrogens is 1. The number of benzene rings is 1. The number of piperidine rings is 1. The number of likely N-dealkylation sites (tertiary alicyclic amines) is 1. The molecule has 1 aliphatic heterocycles. The minimum absolute atomic E-state index is 0.0295. The summed E-state index contributed by atoms with van der Waals surface area (Å²) in [5.41, 5.74) is 1.71. The van der Waals surface area contributed by atoms with Gasteiger partial charge >= 0.3 is 6.03 Å². The first kappa shape index (κ1) is 19.9. The minimum Gasteiger partial charge on any atom is -0.359 e. The zero-order valence-corrected chi connectivity index (χ0v) is 15.9. The van der Waals surface area contributed by atoms with Gasteiger partial charge in [0.15, 0.2) is 5.76 Å². The smallest absolute Gasteiger partial charge is 0.317 e. The SMILES string of the molecule is CCc1cc(CNC(=O)N2CCC(C(=O)NCc3ccc(F)cc3)CC2)on1. The number of aryl methyl sites for hydroxylation is 1. The van der Waals surface area contributed by atoms with E-state index in [0.717, 1.165) is 17.7 Å². The van der Waals surface area contributed by atoms with Crippen LogP contribution in [0.1, 0.15) is 36.8 Å². The minimum atomic E-state index is -0.296. The fourth-order valence-electron chi connectivity index (χ4n) is 3.16. The van der Waals surface area contributed by atoms with Gasteiger partial charge in [-0.1, -0.05) is 24.2 Å². The topological polar surface area (TPSA) is 87.5 Å². The lowest BCUT2D eigenvalue weighted by Gasteiger charge is -2.31.